The number of nitrogens with one attached hydrogen (secondary N) is 1. The Kier molecular flexibility index (Phi) is 6.28. The molecule has 1 aliphatic heterocycles. The van der Waals surface area contributed by atoms with Crippen LogP contribution in [0.15, 0.2) is 0 Å². The molecule has 0 aromatic rings. The van der Waals surface area contributed by atoms with Crippen LogP contribution in [0.2, 0.25) is 0 Å². The number of carbonyl (C=O) groups is 3. The summed E-state index contributed by atoms with van der Waals surface area (Å²) in [6, 6.07) is 0.0918. The van der Waals surface area contributed by atoms with Gasteiger partial charge in [-0.1, -0.05) is 0 Å². The third-order valence-electron chi connectivity index (χ3n) is 3.22. The van der Waals surface area contributed by atoms with Crippen molar-refractivity contribution in [3.63, 3.8) is 0 Å². The van der Waals surface area contributed by atoms with Gasteiger partial charge >= 0.3 is 0 Å². The third kappa shape index (κ3) is 5.59. The normalized spacial score (nSPS) is 17.9. The van der Waals surface area contributed by atoms with E-state index in [0.717, 1.165) is 12.8 Å². The minimum Gasteiger partial charge on any atom is -0.353 e. The first-order chi connectivity index (χ1) is 8.90. The maximum atomic E-state index is 11.7. The van der Waals surface area contributed by atoms with Crippen LogP contribution < -0.4 is 5.32 Å². The molecule has 0 aliphatic carbocycles. The summed E-state index contributed by atoms with van der Waals surface area (Å²) in [5.41, 5.74) is 0. The molecule has 1 saturated heterocycles. The lowest BCUT2D eigenvalue weighted by Gasteiger charge is -2.33. The van der Waals surface area contributed by atoms with Gasteiger partial charge < -0.3 is 15.0 Å². The highest BCUT2D eigenvalue weighted by atomic mass is 35.5. The van der Waals surface area contributed by atoms with Gasteiger partial charge in [0, 0.05) is 32.0 Å². The molecule has 1 atom stereocenters. The van der Waals surface area contributed by atoms with E-state index in [1.807, 2.05) is 0 Å². The van der Waals surface area contributed by atoms with Crippen molar-refractivity contribution < 1.29 is 14.4 Å². The van der Waals surface area contributed by atoms with Gasteiger partial charge in [0.15, 0.2) is 0 Å². The Labute approximate surface area is 118 Å². The summed E-state index contributed by atoms with van der Waals surface area (Å²) in [5.74, 6) is -0.125. The first kappa shape index (κ1) is 16.0. The second-order valence-electron chi connectivity index (χ2n) is 4.99. The molecule has 1 heterocycles. The summed E-state index contributed by atoms with van der Waals surface area (Å²) in [5, 5.41) is 2.40. The fourth-order valence-corrected chi connectivity index (χ4v) is 2.22. The van der Waals surface area contributed by atoms with Gasteiger partial charge in [0.05, 0.1) is 0 Å². The van der Waals surface area contributed by atoms with Crippen LogP contribution in [0.25, 0.3) is 0 Å². The third-order valence-corrected chi connectivity index (χ3v) is 3.40. The number of piperidine rings is 1. The number of ketones is 1. The highest BCUT2D eigenvalue weighted by molar-refractivity contribution is 6.30. The van der Waals surface area contributed by atoms with Crippen LogP contribution in [0.5, 0.6) is 0 Å². The molecule has 2 amide bonds. The fraction of sp³-hybridized carbons (Fsp3) is 0.769. The Balaban J connectivity index is 2.28. The quantitative estimate of drug-likeness (QED) is 0.770. The number of hydrogen-bond acceptors (Lipinski definition) is 3. The maximum Gasteiger partial charge on any atom is 0.240 e. The molecule has 0 bridgehead atoms. The second kappa shape index (κ2) is 7.48. The van der Waals surface area contributed by atoms with Crippen LogP contribution in [0.1, 0.15) is 39.5 Å². The number of carbonyl (C=O) groups excluding carboxylic acids is 3. The van der Waals surface area contributed by atoms with Gasteiger partial charge in [-0.3, -0.25) is 9.59 Å². The van der Waals surface area contributed by atoms with E-state index in [9.17, 15) is 14.4 Å². The van der Waals surface area contributed by atoms with Gasteiger partial charge in [0.1, 0.15) is 11.2 Å². The van der Waals surface area contributed by atoms with Crippen LogP contribution in [0.3, 0.4) is 0 Å². The summed E-state index contributed by atoms with van der Waals surface area (Å²) in [7, 11) is 0. The number of hydrogen-bond donors (Lipinski definition) is 1. The summed E-state index contributed by atoms with van der Waals surface area (Å²) in [6.45, 7) is 4.38. The molecule has 6 heteroatoms. The monoisotopic (exact) mass is 288 g/mol. The number of likely N-dealkylation sites (tertiary alicyclic amines) is 1. The van der Waals surface area contributed by atoms with Gasteiger partial charge in [-0.05, 0) is 26.7 Å². The first-order valence-corrected chi connectivity index (χ1v) is 7.05. The van der Waals surface area contributed by atoms with Crippen molar-refractivity contribution in [1.82, 2.24) is 10.2 Å². The molecule has 1 aliphatic rings. The van der Waals surface area contributed by atoms with Crippen molar-refractivity contribution in [2.45, 2.75) is 50.9 Å². The van der Waals surface area contributed by atoms with Crippen molar-refractivity contribution in [2.75, 3.05) is 13.1 Å². The molecular formula is C13H21ClN2O3. The van der Waals surface area contributed by atoms with Crippen LogP contribution in [-0.2, 0) is 14.4 Å². The van der Waals surface area contributed by atoms with Crippen LogP contribution in [0.4, 0.5) is 0 Å². The molecule has 1 unspecified atom stereocenters. The Hall–Kier alpha value is -1.10. The van der Waals surface area contributed by atoms with Crippen molar-refractivity contribution in [2.24, 2.45) is 0 Å². The van der Waals surface area contributed by atoms with E-state index in [4.69, 9.17) is 11.6 Å². The van der Waals surface area contributed by atoms with Crippen LogP contribution in [0, 0.1) is 0 Å². The van der Waals surface area contributed by atoms with Crippen LogP contribution in [-0.4, -0.2) is 47.0 Å². The minimum absolute atomic E-state index is 0.0201. The van der Waals surface area contributed by atoms with Gasteiger partial charge in [-0.2, -0.15) is 0 Å². The van der Waals surface area contributed by atoms with Gasteiger partial charge in [-0.25, -0.2) is 0 Å². The SMILES string of the molecule is CC(=O)CCC(=O)NC1CCN(C(=O)C(C)Cl)CC1. The van der Waals surface area contributed by atoms with E-state index in [2.05, 4.69) is 5.32 Å². The summed E-state index contributed by atoms with van der Waals surface area (Å²) in [4.78, 5) is 35.8. The lowest BCUT2D eigenvalue weighted by Crippen LogP contribution is -2.48. The predicted molar refractivity (Wildman–Crippen MR) is 73.0 cm³/mol. The second-order valence-corrected chi connectivity index (χ2v) is 5.64. The van der Waals surface area contributed by atoms with Crippen LogP contribution >= 0.6 is 11.6 Å². The zero-order chi connectivity index (χ0) is 14.4. The van der Waals surface area contributed by atoms with Crippen molar-refractivity contribution in [3.8, 4) is 0 Å². The topological polar surface area (TPSA) is 66.5 Å². The predicted octanol–water partition coefficient (Wildman–Crippen LogP) is 1.09. The van der Waals surface area contributed by atoms with E-state index in [1.54, 1.807) is 11.8 Å². The molecular weight excluding hydrogens is 268 g/mol. The molecule has 0 spiro atoms. The Morgan fingerprint density at radius 1 is 1.26 bits per heavy atom. The molecule has 0 radical (unpaired) electrons. The van der Waals surface area contributed by atoms with E-state index >= 15 is 0 Å². The van der Waals surface area contributed by atoms with E-state index in [-0.39, 0.29) is 36.5 Å². The lowest BCUT2D eigenvalue weighted by molar-refractivity contribution is -0.131. The van der Waals surface area contributed by atoms with Crippen molar-refractivity contribution >= 4 is 29.2 Å². The van der Waals surface area contributed by atoms with E-state index < -0.39 is 5.38 Å². The average Bonchev–Trinajstić information content (AvgIpc) is 2.36. The molecule has 0 aromatic heterocycles. The summed E-state index contributed by atoms with van der Waals surface area (Å²) < 4.78 is 0. The van der Waals surface area contributed by atoms with Crippen molar-refractivity contribution in [3.05, 3.63) is 0 Å². The van der Waals surface area contributed by atoms with Gasteiger partial charge in [0.25, 0.3) is 0 Å². The lowest BCUT2D eigenvalue weighted by atomic mass is 10.0. The zero-order valence-corrected chi connectivity index (χ0v) is 12.2. The molecule has 5 nitrogen and oxygen atoms in total. The largest absolute Gasteiger partial charge is 0.353 e. The number of rotatable bonds is 5. The molecule has 1 rings (SSSR count). The van der Waals surface area contributed by atoms with Gasteiger partial charge in [-0.15, -0.1) is 11.6 Å². The van der Waals surface area contributed by atoms with E-state index in [0.29, 0.717) is 13.1 Å². The number of nitrogens with zero attached hydrogens (tertiary/aromatic N) is 1. The van der Waals surface area contributed by atoms with E-state index in [1.165, 1.54) is 6.92 Å². The Morgan fingerprint density at radius 3 is 2.32 bits per heavy atom. The number of alkyl halides is 1. The number of Topliss-reactive ketones (excluding diaryl/α,β-unsaturated/α-hetero) is 1. The summed E-state index contributed by atoms with van der Waals surface area (Å²) >= 11 is 5.76. The highest BCUT2D eigenvalue weighted by Crippen LogP contribution is 2.13. The molecule has 19 heavy (non-hydrogen) atoms. The number of amides is 2. The molecule has 1 N–H and O–H groups in total. The molecule has 0 aromatic carbocycles. The molecule has 108 valence electrons. The Morgan fingerprint density at radius 2 is 1.84 bits per heavy atom. The van der Waals surface area contributed by atoms with Gasteiger partial charge in [0.2, 0.25) is 11.8 Å². The first-order valence-electron chi connectivity index (χ1n) is 6.61. The molecule has 0 saturated carbocycles. The molecule has 1 fully saturated rings. The standard InChI is InChI=1S/C13H21ClN2O3/c1-9(17)3-4-12(18)15-11-5-7-16(8-6-11)13(19)10(2)14/h10-11H,3-8H2,1-2H3,(H,15,18). The fourth-order valence-electron chi connectivity index (χ4n) is 2.09. The van der Waals surface area contributed by atoms with Crippen molar-refractivity contribution in [1.29, 1.82) is 0 Å². The Bertz CT molecular complexity index is 350. The minimum atomic E-state index is -0.498. The smallest absolute Gasteiger partial charge is 0.240 e. The zero-order valence-electron chi connectivity index (χ0n) is 11.4. The average molecular weight is 289 g/mol. The number of halogens is 1. The summed E-state index contributed by atoms with van der Waals surface area (Å²) in [6.07, 6.45) is 2.00. The highest BCUT2D eigenvalue weighted by Gasteiger charge is 2.25. The maximum absolute atomic E-state index is 11.7.